The average molecular weight is 419 g/mol. The van der Waals surface area contributed by atoms with Gasteiger partial charge in [0.1, 0.15) is 11.3 Å². The van der Waals surface area contributed by atoms with Crippen molar-refractivity contribution in [2.75, 3.05) is 31.1 Å². The molecule has 1 saturated heterocycles. The van der Waals surface area contributed by atoms with Gasteiger partial charge in [0.2, 0.25) is 5.91 Å². The Hall–Kier alpha value is -3.55. The lowest BCUT2D eigenvalue weighted by Crippen LogP contribution is -2.48. The molecule has 4 heterocycles. The van der Waals surface area contributed by atoms with Gasteiger partial charge in [-0.2, -0.15) is 5.10 Å². The molecule has 0 unspecified atom stereocenters. The van der Waals surface area contributed by atoms with Crippen LogP contribution in [0.3, 0.4) is 0 Å². The number of carbonyl (C=O) groups excluding carboxylic acids is 1. The Morgan fingerprint density at radius 1 is 1.06 bits per heavy atom. The molecule has 0 atom stereocenters. The normalized spacial score (nSPS) is 14.6. The molecule has 0 radical (unpaired) electrons. The number of nitrogens with zero attached hydrogens (tertiary/aromatic N) is 5. The van der Waals surface area contributed by atoms with E-state index in [-0.39, 0.29) is 11.5 Å². The van der Waals surface area contributed by atoms with E-state index in [1.165, 1.54) is 10.4 Å². The molecular weight excluding hydrogens is 394 g/mol. The van der Waals surface area contributed by atoms with E-state index in [2.05, 4.69) is 22.1 Å². The number of furan rings is 1. The molecule has 5 rings (SSSR count). The summed E-state index contributed by atoms with van der Waals surface area (Å²) in [5.41, 5.74) is 3.09. The van der Waals surface area contributed by atoms with Gasteiger partial charge in [0, 0.05) is 57.0 Å². The maximum atomic E-state index is 12.8. The van der Waals surface area contributed by atoms with Gasteiger partial charge in [-0.15, -0.1) is 0 Å². The van der Waals surface area contributed by atoms with Gasteiger partial charge in [-0.1, -0.05) is 18.2 Å². The summed E-state index contributed by atoms with van der Waals surface area (Å²) in [6.07, 6.45) is 2.59. The monoisotopic (exact) mass is 419 g/mol. The Balaban J connectivity index is 1.19. The number of hydrogen-bond acceptors (Lipinski definition) is 5. The number of aromatic nitrogens is 3. The molecule has 0 N–H and O–H groups in total. The predicted molar refractivity (Wildman–Crippen MR) is 118 cm³/mol. The highest BCUT2D eigenvalue weighted by atomic mass is 16.3. The van der Waals surface area contributed by atoms with Crippen LogP contribution in [-0.4, -0.2) is 51.2 Å². The second-order valence-electron chi connectivity index (χ2n) is 7.92. The Morgan fingerprint density at radius 3 is 2.61 bits per heavy atom. The van der Waals surface area contributed by atoms with Gasteiger partial charge in [-0.3, -0.25) is 14.0 Å². The number of para-hydroxylation sites is 1. The average Bonchev–Trinajstić information content (AvgIpc) is 3.39. The number of amides is 1. The number of carbonyl (C=O) groups is 1. The van der Waals surface area contributed by atoms with E-state index >= 15 is 0 Å². The minimum Gasteiger partial charge on any atom is -0.463 e. The molecule has 0 spiro atoms. The van der Waals surface area contributed by atoms with Crippen molar-refractivity contribution in [2.45, 2.75) is 26.3 Å². The first-order valence-corrected chi connectivity index (χ1v) is 10.7. The molecule has 1 aromatic carbocycles. The van der Waals surface area contributed by atoms with Crippen molar-refractivity contribution < 1.29 is 9.21 Å². The molecule has 8 nitrogen and oxygen atoms in total. The second kappa shape index (κ2) is 7.94. The van der Waals surface area contributed by atoms with Gasteiger partial charge < -0.3 is 14.2 Å². The van der Waals surface area contributed by atoms with Gasteiger partial charge in [0.25, 0.3) is 5.56 Å². The SMILES string of the molecule is Cc1nn(CCCC(=O)N2CCN(c3ccccc3)CC2)c(=O)c2cc3occc3n12. The molecule has 0 bridgehead atoms. The first kappa shape index (κ1) is 19.4. The zero-order valence-electron chi connectivity index (χ0n) is 17.5. The Morgan fingerprint density at radius 2 is 1.84 bits per heavy atom. The van der Waals surface area contributed by atoms with Gasteiger partial charge >= 0.3 is 0 Å². The van der Waals surface area contributed by atoms with E-state index < -0.39 is 0 Å². The number of anilines is 1. The Kier molecular flexibility index (Phi) is 4.97. The number of aryl methyl sites for hydroxylation is 2. The van der Waals surface area contributed by atoms with Gasteiger partial charge in [-0.05, 0) is 25.5 Å². The van der Waals surface area contributed by atoms with E-state index in [9.17, 15) is 9.59 Å². The number of fused-ring (bicyclic) bond motifs is 3. The standard InChI is InChI=1S/C23H25N5O3/c1-17-24-27(23(30)20-16-21-19(28(17)20)9-15-31-21)10-5-8-22(29)26-13-11-25(12-14-26)18-6-3-2-4-7-18/h2-4,6-7,9,15-16H,5,8,10-14H2,1H3. The van der Waals surface area contributed by atoms with E-state index in [0.717, 1.165) is 37.5 Å². The smallest absolute Gasteiger partial charge is 0.291 e. The number of rotatable bonds is 5. The molecule has 160 valence electrons. The van der Waals surface area contributed by atoms with E-state index in [1.807, 2.05) is 40.5 Å². The Labute approximate surface area is 179 Å². The molecule has 8 heteroatoms. The number of hydrogen-bond donors (Lipinski definition) is 0. The lowest BCUT2D eigenvalue weighted by Gasteiger charge is -2.36. The van der Waals surface area contributed by atoms with Gasteiger partial charge in [0.05, 0.1) is 11.8 Å². The Bertz CT molecular complexity index is 1280. The quantitative estimate of drug-likeness (QED) is 0.497. The third-order valence-electron chi connectivity index (χ3n) is 5.98. The highest BCUT2D eigenvalue weighted by Gasteiger charge is 2.21. The van der Waals surface area contributed by atoms with E-state index in [4.69, 9.17) is 4.42 Å². The minimum absolute atomic E-state index is 0.138. The molecule has 31 heavy (non-hydrogen) atoms. The molecule has 1 aliphatic rings. The van der Waals surface area contributed by atoms with Crippen LogP contribution in [0.4, 0.5) is 5.69 Å². The van der Waals surface area contributed by atoms with Crippen LogP contribution in [-0.2, 0) is 11.3 Å². The molecule has 1 fully saturated rings. The first-order chi connectivity index (χ1) is 15.1. The zero-order valence-corrected chi connectivity index (χ0v) is 17.5. The van der Waals surface area contributed by atoms with Crippen molar-refractivity contribution in [2.24, 2.45) is 0 Å². The van der Waals surface area contributed by atoms with Crippen molar-refractivity contribution in [1.29, 1.82) is 0 Å². The highest BCUT2D eigenvalue weighted by Crippen LogP contribution is 2.20. The lowest BCUT2D eigenvalue weighted by molar-refractivity contribution is -0.131. The fourth-order valence-corrected chi connectivity index (χ4v) is 4.37. The predicted octanol–water partition coefficient (Wildman–Crippen LogP) is 2.68. The van der Waals surface area contributed by atoms with Crippen LogP contribution in [0.5, 0.6) is 0 Å². The summed E-state index contributed by atoms with van der Waals surface area (Å²) >= 11 is 0. The number of piperazine rings is 1. The lowest BCUT2D eigenvalue weighted by atomic mass is 10.2. The van der Waals surface area contributed by atoms with Crippen molar-refractivity contribution in [3.05, 3.63) is 64.9 Å². The summed E-state index contributed by atoms with van der Waals surface area (Å²) in [7, 11) is 0. The van der Waals surface area contributed by atoms with E-state index in [1.54, 1.807) is 12.3 Å². The van der Waals surface area contributed by atoms with Crippen molar-refractivity contribution in [1.82, 2.24) is 19.1 Å². The molecule has 1 aliphatic heterocycles. The maximum absolute atomic E-state index is 12.8. The van der Waals surface area contributed by atoms with Crippen LogP contribution in [0.1, 0.15) is 18.7 Å². The minimum atomic E-state index is -0.166. The third kappa shape index (κ3) is 3.58. The van der Waals surface area contributed by atoms with Crippen LogP contribution >= 0.6 is 0 Å². The maximum Gasteiger partial charge on any atom is 0.291 e. The van der Waals surface area contributed by atoms with Gasteiger partial charge in [-0.25, -0.2) is 4.68 Å². The molecule has 4 aromatic rings. The second-order valence-corrected chi connectivity index (χ2v) is 7.92. The zero-order chi connectivity index (χ0) is 21.4. The summed E-state index contributed by atoms with van der Waals surface area (Å²) in [6.45, 7) is 5.40. The summed E-state index contributed by atoms with van der Waals surface area (Å²) in [6, 6.07) is 13.9. The van der Waals surface area contributed by atoms with Crippen LogP contribution in [0, 0.1) is 6.92 Å². The first-order valence-electron chi connectivity index (χ1n) is 10.7. The van der Waals surface area contributed by atoms with Crippen LogP contribution in [0.2, 0.25) is 0 Å². The van der Waals surface area contributed by atoms with Crippen LogP contribution < -0.4 is 10.5 Å². The molecule has 0 saturated carbocycles. The van der Waals surface area contributed by atoms with Crippen molar-refractivity contribution in [3.8, 4) is 0 Å². The van der Waals surface area contributed by atoms with Crippen LogP contribution in [0.25, 0.3) is 16.6 Å². The topological polar surface area (TPSA) is 76.0 Å². The highest BCUT2D eigenvalue weighted by molar-refractivity contribution is 5.82. The van der Waals surface area contributed by atoms with E-state index in [0.29, 0.717) is 30.5 Å². The summed E-state index contributed by atoms with van der Waals surface area (Å²) < 4.78 is 8.69. The molecular formula is C23H25N5O3. The molecule has 0 aliphatic carbocycles. The largest absolute Gasteiger partial charge is 0.463 e. The molecule has 3 aromatic heterocycles. The summed E-state index contributed by atoms with van der Waals surface area (Å²) in [5, 5.41) is 4.45. The summed E-state index contributed by atoms with van der Waals surface area (Å²) in [4.78, 5) is 29.7. The molecule has 1 amide bonds. The fraction of sp³-hybridized carbons (Fsp3) is 0.348. The van der Waals surface area contributed by atoms with Crippen LogP contribution in [0.15, 0.2) is 57.9 Å². The van der Waals surface area contributed by atoms with Gasteiger partial charge in [0.15, 0.2) is 5.58 Å². The fourth-order valence-electron chi connectivity index (χ4n) is 4.37. The number of benzene rings is 1. The third-order valence-corrected chi connectivity index (χ3v) is 5.98. The summed E-state index contributed by atoms with van der Waals surface area (Å²) in [5.74, 6) is 0.855. The van der Waals surface area contributed by atoms with Crippen molar-refractivity contribution in [3.63, 3.8) is 0 Å². The van der Waals surface area contributed by atoms with Crippen molar-refractivity contribution >= 4 is 28.2 Å².